The number of benzene rings is 1. The second-order valence-corrected chi connectivity index (χ2v) is 6.68. The number of amides is 1. The fourth-order valence-electron chi connectivity index (χ4n) is 3.32. The van der Waals surface area contributed by atoms with Crippen molar-refractivity contribution >= 4 is 22.9 Å². The number of fused-ring (bicyclic) bond motifs is 1. The molecule has 3 heterocycles. The molecule has 30 heavy (non-hydrogen) atoms. The van der Waals surface area contributed by atoms with Crippen molar-refractivity contribution in [2.45, 2.75) is 6.92 Å². The SMILES string of the molecule is COc1ccn2c(C(C)=O)cc(C(=O)Nc3cccc(-c4cccnc4)c3F)c2c1. The van der Waals surface area contributed by atoms with Crippen molar-refractivity contribution in [1.82, 2.24) is 9.38 Å². The van der Waals surface area contributed by atoms with E-state index in [4.69, 9.17) is 4.74 Å². The Kier molecular flexibility index (Phi) is 5.02. The van der Waals surface area contributed by atoms with Crippen LogP contribution in [0.2, 0.25) is 0 Å². The van der Waals surface area contributed by atoms with Crippen LogP contribution in [0.4, 0.5) is 10.1 Å². The predicted octanol–water partition coefficient (Wildman–Crippen LogP) is 4.60. The zero-order chi connectivity index (χ0) is 21.3. The lowest BCUT2D eigenvalue weighted by atomic mass is 10.1. The Labute approximate surface area is 171 Å². The molecule has 150 valence electrons. The van der Waals surface area contributed by atoms with Crippen LogP contribution in [0.1, 0.15) is 27.8 Å². The monoisotopic (exact) mass is 403 g/mol. The molecule has 0 saturated heterocycles. The molecule has 0 aliphatic carbocycles. The number of aromatic nitrogens is 2. The van der Waals surface area contributed by atoms with Gasteiger partial charge in [-0.05, 0) is 24.3 Å². The number of nitrogens with zero attached hydrogens (tertiary/aromatic N) is 2. The number of anilines is 1. The molecule has 0 fully saturated rings. The van der Waals surface area contributed by atoms with Crippen molar-refractivity contribution in [1.29, 1.82) is 0 Å². The average molecular weight is 403 g/mol. The van der Waals surface area contributed by atoms with Crippen LogP contribution in [0, 0.1) is 5.82 Å². The van der Waals surface area contributed by atoms with E-state index < -0.39 is 11.7 Å². The molecule has 4 aromatic rings. The number of halogens is 1. The van der Waals surface area contributed by atoms with Gasteiger partial charge in [-0.25, -0.2) is 4.39 Å². The van der Waals surface area contributed by atoms with Crippen molar-refractivity contribution in [3.63, 3.8) is 0 Å². The van der Waals surface area contributed by atoms with Gasteiger partial charge in [-0.15, -0.1) is 0 Å². The van der Waals surface area contributed by atoms with E-state index in [1.165, 1.54) is 26.2 Å². The van der Waals surface area contributed by atoms with Gasteiger partial charge < -0.3 is 14.5 Å². The molecule has 6 nitrogen and oxygen atoms in total. The third-order valence-electron chi connectivity index (χ3n) is 4.80. The summed E-state index contributed by atoms with van der Waals surface area (Å²) in [5, 5.41) is 2.62. The lowest BCUT2D eigenvalue weighted by molar-refractivity contribution is 0.101. The van der Waals surface area contributed by atoms with Gasteiger partial charge >= 0.3 is 0 Å². The van der Waals surface area contributed by atoms with Gasteiger partial charge in [0, 0.05) is 42.7 Å². The number of pyridine rings is 2. The fourth-order valence-corrected chi connectivity index (χ4v) is 3.32. The Morgan fingerprint density at radius 3 is 2.67 bits per heavy atom. The number of Topliss-reactive ketones (excluding diaryl/α,β-unsaturated/α-hetero) is 1. The van der Waals surface area contributed by atoms with Gasteiger partial charge in [-0.2, -0.15) is 0 Å². The molecule has 1 N–H and O–H groups in total. The van der Waals surface area contributed by atoms with Crippen molar-refractivity contribution in [2.75, 3.05) is 12.4 Å². The van der Waals surface area contributed by atoms with E-state index in [0.29, 0.717) is 28.1 Å². The maximum Gasteiger partial charge on any atom is 0.257 e. The lowest BCUT2D eigenvalue weighted by Gasteiger charge is -2.10. The summed E-state index contributed by atoms with van der Waals surface area (Å²) in [6, 6.07) is 13.1. The number of ether oxygens (including phenoxy) is 1. The van der Waals surface area contributed by atoms with E-state index in [1.54, 1.807) is 59.4 Å². The summed E-state index contributed by atoms with van der Waals surface area (Å²) >= 11 is 0. The van der Waals surface area contributed by atoms with Crippen LogP contribution in [0.25, 0.3) is 16.6 Å². The van der Waals surface area contributed by atoms with E-state index in [0.717, 1.165) is 0 Å². The first-order valence-corrected chi connectivity index (χ1v) is 9.20. The normalized spacial score (nSPS) is 10.8. The smallest absolute Gasteiger partial charge is 0.257 e. The molecule has 7 heteroatoms. The summed E-state index contributed by atoms with van der Waals surface area (Å²) in [6.45, 7) is 1.42. The summed E-state index contributed by atoms with van der Waals surface area (Å²) in [5.74, 6) is -0.754. The molecular formula is C23H18FN3O3. The highest BCUT2D eigenvalue weighted by atomic mass is 19.1. The largest absolute Gasteiger partial charge is 0.497 e. The van der Waals surface area contributed by atoms with Gasteiger partial charge in [0.2, 0.25) is 0 Å². The number of methoxy groups -OCH3 is 1. The summed E-state index contributed by atoms with van der Waals surface area (Å²) in [5.41, 5.74) is 2.04. The zero-order valence-electron chi connectivity index (χ0n) is 16.3. The molecule has 0 aliphatic heterocycles. The topological polar surface area (TPSA) is 72.7 Å². The minimum absolute atomic E-state index is 0.0352. The van der Waals surface area contributed by atoms with E-state index in [2.05, 4.69) is 10.3 Å². The summed E-state index contributed by atoms with van der Waals surface area (Å²) in [7, 11) is 1.51. The number of ketones is 1. The number of hydrogen-bond acceptors (Lipinski definition) is 4. The van der Waals surface area contributed by atoms with E-state index in [1.807, 2.05) is 0 Å². The standard InChI is InChI=1S/C23H18FN3O3/c1-14(28)20-12-18(21-11-16(30-2)8-10-27(20)21)23(29)26-19-7-3-6-17(22(19)24)15-5-4-9-25-13-15/h3-13H,1-2H3,(H,26,29). The Hall–Kier alpha value is -4.00. The van der Waals surface area contributed by atoms with Crippen molar-refractivity contribution < 1.29 is 18.7 Å². The van der Waals surface area contributed by atoms with Crippen molar-refractivity contribution in [3.05, 3.63) is 84.2 Å². The summed E-state index contributed by atoms with van der Waals surface area (Å²) in [4.78, 5) is 29.0. The van der Waals surface area contributed by atoms with Crippen LogP contribution in [-0.4, -0.2) is 28.2 Å². The molecule has 3 aromatic heterocycles. The highest BCUT2D eigenvalue weighted by Crippen LogP contribution is 2.28. The Morgan fingerprint density at radius 2 is 1.97 bits per heavy atom. The number of carbonyl (C=O) groups excluding carboxylic acids is 2. The van der Waals surface area contributed by atoms with Gasteiger partial charge in [0.15, 0.2) is 11.6 Å². The Balaban J connectivity index is 1.75. The maximum absolute atomic E-state index is 15.1. The molecule has 0 saturated carbocycles. The predicted molar refractivity (Wildman–Crippen MR) is 112 cm³/mol. The molecule has 0 atom stereocenters. The first kappa shape index (κ1) is 19.3. The maximum atomic E-state index is 15.1. The highest BCUT2D eigenvalue weighted by Gasteiger charge is 2.20. The van der Waals surface area contributed by atoms with Crippen LogP contribution in [0.5, 0.6) is 5.75 Å². The second kappa shape index (κ2) is 7.79. The van der Waals surface area contributed by atoms with Gasteiger partial charge in [-0.3, -0.25) is 14.6 Å². The first-order valence-electron chi connectivity index (χ1n) is 9.20. The zero-order valence-corrected chi connectivity index (χ0v) is 16.3. The molecule has 0 bridgehead atoms. The fraction of sp³-hybridized carbons (Fsp3) is 0.0870. The van der Waals surface area contributed by atoms with Gasteiger partial charge in [0.05, 0.1) is 29.6 Å². The highest BCUT2D eigenvalue weighted by molar-refractivity contribution is 6.11. The Morgan fingerprint density at radius 1 is 1.13 bits per heavy atom. The molecular weight excluding hydrogens is 385 g/mol. The lowest BCUT2D eigenvalue weighted by Crippen LogP contribution is -2.13. The van der Waals surface area contributed by atoms with Crippen molar-refractivity contribution in [3.8, 4) is 16.9 Å². The van der Waals surface area contributed by atoms with Gasteiger partial charge in [0.1, 0.15) is 5.75 Å². The number of carbonyl (C=O) groups is 2. The molecule has 0 spiro atoms. The van der Waals surface area contributed by atoms with Gasteiger partial charge in [0.25, 0.3) is 5.91 Å². The van der Waals surface area contributed by atoms with Gasteiger partial charge in [-0.1, -0.05) is 18.2 Å². The Bertz CT molecular complexity index is 1270. The minimum atomic E-state index is -0.563. The van der Waals surface area contributed by atoms with Crippen LogP contribution in [0.3, 0.4) is 0 Å². The van der Waals surface area contributed by atoms with E-state index in [9.17, 15) is 9.59 Å². The average Bonchev–Trinajstić information content (AvgIpc) is 3.15. The molecule has 0 aliphatic rings. The number of hydrogen-bond donors (Lipinski definition) is 1. The number of nitrogens with one attached hydrogen (secondary N) is 1. The molecule has 1 aromatic carbocycles. The van der Waals surface area contributed by atoms with Crippen LogP contribution in [-0.2, 0) is 0 Å². The van der Waals surface area contributed by atoms with E-state index >= 15 is 4.39 Å². The van der Waals surface area contributed by atoms with E-state index in [-0.39, 0.29) is 17.0 Å². The third kappa shape index (κ3) is 3.41. The molecule has 1 amide bonds. The van der Waals surface area contributed by atoms with Crippen LogP contribution < -0.4 is 10.1 Å². The quantitative estimate of drug-likeness (QED) is 0.494. The molecule has 4 rings (SSSR count). The van der Waals surface area contributed by atoms with Crippen molar-refractivity contribution in [2.24, 2.45) is 0 Å². The molecule has 0 unspecified atom stereocenters. The summed E-state index contributed by atoms with van der Waals surface area (Å²) in [6.07, 6.45) is 4.81. The first-order chi connectivity index (χ1) is 14.5. The van der Waals surface area contributed by atoms with Crippen LogP contribution in [0.15, 0.2) is 67.1 Å². The second-order valence-electron chi connectivity index (χ2n) is 6.68. The molecule has 0 radical (unpaired) electrons. The minimum Gasteiger partial charge on any atom is -0.497 e. The summed E-state index contributed by atoms with van der Waals surface area (Å²) < 4.78 is 21.9. The number of rotatable bonds is 5. The van der Waals surface area contributed by atoms with Crippen LogP contribution >= 0.6 is 0 Å². The third-order valence-corrected chi connectivity index (χ3v) is 4.80.